The molecule has 0 amide bonds. The number of nitrogens with two attached hydrogens (primary N) is 1. The third kappa shape index (κ3) is 2.78. The normalized spacial score (nSPS) is 14.9. The molecule has 21 heavy (non-hydrogen) atoms. The Bertz CT molecular complexity index is 685. The van der Waals surface area contributed by atoms with Gasteiger partial charge in [0, 0.05) is 4.47 Å². The standard InChI is InChI=1S/C17H18BrNO2/c1-10-3-4-11(2)12(7-10)17(19)13-8-15-16(9-14(13)18)21-6-5-20-15/h3-4,7-9,17H,5-6,19H2,1-2H3. The molecular formula is C17H18BrNO2. The molecule has 1 heterocycles. The van der Waals surface area contributed by atoms with Crippen LogP contribution in [0.25, 0.3) is 0 Å². The van der Waals surface area contributed by atoms with Gasteiger partial charge >= 0.3 is 0 Å². The van der Waals surface area contributed by atoms with E-state index in [4.69, 9.17) is 15.2 Å². The first kappa shape index (κ1) is 14.4. The van der Waals surface area contributed by atoms with Crippen molar-refractivity contribution >= 4 is 15.9 Å². The summed E-state index contributed by atoms with van der Waals surface area (Å²) in [6.07, 6.45) is 0. The predicted octanol–water partition coefficient (Wildman–Crippen LogP) is 3.89. The Morgan fingerprint density at radius 2 is 1.67 bits per heavy atom. The van der Waals surface area contributed by atoms with Crippen molar-refractivity contribution in [3.8, 4) is 11.5 Å². The molecule has 0 aromatic heterocycles. The van der Waals surface area contributed by atoms with Crippen molar-refractivity contribution in [2.45, 2.75) is 19.9 Å². The zero-order valence-corrected chi connectivity index (χ0v) is 13.7. The molecule has 0 radical (unpaired) electrons. The van der Waals surface area contributed by atoms with Crippen molar-refractivity contribution < 1.29 is 9.47 Å². The van der Waals surface area contributed by atoms with Crippen LogP contribution in [0.1, 0.15) is 28.3 Å². The summed E-state index contributed by atoms with van der Waals surface area (Å²) in [5, 5.41) is 0. The highest BCUT2D eigenvalue weighted by Gasteiger charge is 2.20. The van der Waals surface area contributed by atoms with Gasteiger partial charge in [0.1, 0.15) is 13.2 Å². The number of hydrogen-bond acceptors (Lipinski definition) is 3. The van der Waals surface area contributed by atoms with Gasteiger partial charge in [-0.15, -0.1) is 0 Å². The highest BCUT2D eigenvalue weighted by molar-refractivity contribution is 9.10. The maximum Gasteiger partial charge on any atom is 0.162 e. The Kier molecular flexibility index (Phi) is 3.91. The lowest BCUT2D eigenvalue weighted by Crippen LogP contribution is -2.18. The fraction of sp³-hybridized carbons (Fsp3) is 0.294. The number of rotatable bonds is 2. The van der Waals surface area contributed by atoms with Crippen molar-refractivity contribution in [2.75, 3.05) is 13.2 Å². The largest absolute Gasteiger partial charge is 0.486 e. The fourth-order valence-electron chi connectivity index (χ4n) is 2.58. The van der Waals surface area contributed by atoms with Crippen LogP contribution >= 0.6 is 15.9 Å². The molecule has 0 aliphatic carbocycles. The summed E-state index contributed by atoms with van der Waals surface area (Å²) < 4.78 is 12.2. The summed E-state index contributed by atoms with van der Waals surface area (Å²) in [7, 11) is 0. The molecule has 0 saturated heterocycles. The van der Waals surface area contributed by atoms with Gasteiger partial charge in [-0.2, -0.15) is 0 Å². The van der Waals surface area contributed by atoms with E-state index in [2.05, 4.69) is 48.0 Å². The Balaban J connectivity index is 2.05. The smallest absolute Gasteiger partial charge is 0.162 e. The number of fused-ring (bicyclic) bond motifs is 1. The monoisotopic (exact) mass is 347 g/mol. The van der Waals surface area contributed by atoms with Crippen LogP contribution in [0.3, 0.4) is 0 Å². The molecule has 0 fully saturated rings. The van der Waals surface area contributed by atoms with Crippen LogP contribution < -0.4 is 15.2 Å². The molecule has 0 spiro atoms. The van der Waals surface area contributed by atoms with Crippen LogP contribution in [0.2, 0.25) is 0 Å². The first-order valence-corrected chi connectivity index (χ1v) is 7.77. The van der Waals surface area contributed by atoms with Crippen molar-refractivity contribution in [3.05, 3.63) is 57.1 Å². The van der Waals surface area contributed by atoms with Gasteiger partial charge in [0.2, 0.25) is 0 Å². The van der Waals surface area contributed by atoms with Crippen LogP contribution in [-0.2, 0) is 0 Å². The Morgan fingerprint density at radius 1 is 1.00 bits per heavy atom. The Hall–Kier alpha value is -1.52. The van der Waals surface area contributed by atoms with E-state index in [0.29, 0.717) is 13.2 Å². The summed E-state index contributed by atoms with van der Waals surface area (Å²) in [6, 6.07) is 10.1. The van der Waals surface area contributed by atoms with Gasteiger partial charge in [0.25, 0.3) is 0 Å². The van der Waals surface area contributed by atoms with Crippen molar-refractivity contribution in [1.29, 1.82) is 0 Å². The van der Waals surface area contributed by atoms with E-state index >= 15 is 0 Å². The molecule has 0 bridgehead atoms. The summed E-state index contributed by atoms with van der Waals surface area (Å²) in [6.45, 7) is 5.32. The van der Waals surface area contributed by atoms with Crippen LogP contribution in [0.5, 0.6) is 11.5 Å². The maximum atomic E-state index is 6.49. The minimum Gasteiger partial charge on any atom is -0.486 e. The molecule has 0 saturated carbocycles. The van der Waals surface area contributed by atoms with Gasteiger partial charge in [-0.25, -0.2) is 0 Å². The first-order chi connectivity index (χ1) is 10.1. The number of aryl methyl sites for hydroxylation is 2. The van der Waals surface area contributed by atoms with Crippen molar-refractivity contribution in [3.63, 3.8) is 0 Å². The van der Waals surface area contributed by atoms with Crippen LogP contribution in [-0.4, -0.2) is 13.2 Å². The third-order valence-electron chi connectivity index (χ3n) is 3.77. The third-order valence-corrected chi connectivity index (χ3v) is 4.45. The molecule has 1 unspecified atom stereocenters. The second kappa shape index (κ2) is 5.70. The molecule has 2 N–H and O–H groups in total. The van der Waals surface area contributed by atoms with Gasteiger partial charge in [0.05, 0.1) is 6.04 Å². The van der Waals surface area contributed by atoms with Crippen LogP contribution in [0.15, 0.2) is 34.8 Å². The molecule has 4 heteroatoms. The van der Waals surface area contributed by atoms with Crippen molar-refractivity contribution in [1.82, 2.24) is 0 Å². The number of benzene rings is 2. The summed E-state index contributed by atoms with van der Waals surface area (Å²) in [5.74, 6) is 1.53. The zero-order valence-electron chi connectivity index (χ0n) is 12.2. The van der Waals surface area contributed by atoms with Gasteiger partial charge in [-0.1, -0.05) is 39.7 Å². The van der Waals surface area contributed by atoms with Crippen LogP contribution in [0.4, 0.5) is 0 Å². The minimum atomic E-state index is -0.199. The molecule has 3 rings (SSSR count). The lowest BCUT2D eigenvalue weighted by Gasteiger charge is -2.23. The van der Waals surface area contributed by atoms with E-state index < -0.39 is 0 Å². The average molecular weight is 348 g/mol. The van der Waals surface area contributed by atoms with E-state index in [1.54, 1.807) is 0 Å². The van der Waals surface area contributed by atoms with Crippen molar-refractivity contribution in [2.24, 2.45) is 5.73 Å². The number of ether oxygens (including phenoxy) is 2. The molecule has 3 nitrogen and oxygen atoms in total. The fourth-order valence-corrected chi connectivity index (χ4v) is 3.15. The molecule has 1 aliphatic rings. The quantitative estimate of drug-likeness (QED) is 0.896. The average Bonchev–Trinajstić information content (AvgIpc) is 2.48. The molecule has 1 aliphatic heterocycles. The number of hydrogen-bond donors (Lipinski definition) is 1. The van der Waals surface area contributed by atoms with E-state index in [-0.39, 0.29) is 6.04 Å². The molecule has 1 atom stereocenters. The lowest BCUT2D eigenvalue weighted by atomic mass is 9.94. The number of halogens is 1. The highest BCUT2D eigenvalue weighted by Crippen LogP contribution is 2.39. The molecular weight excluding hydrogens is 330 g/mol. The first-order valence-electron chi connectivity index (χ1n) is 6.98. The van der Waals surface area contributed by atoms with E-state index in [1.165, 1.54) is 11.1 Å². The summed E-state index contributed by atoms with van der Waals surface area (Å²) >= 11 is 3.60. The van der Waals surface area contributed by atoms with Gasteiger partial charge in [-0.3, -0.25) is 0 Å². The Morgan fingerprint density at radius 3 is 2.38 bits per heavy atom. The molecule has 2 aromatic carbocycles. The second-order valence-electron chi connectivity index (χ2n) is 5.36. The van der Waals surface area contributed by atoms with E-state index in [1.807, 2.05) is 12.1 Å². The topological polar surface area (TPSA) is 44.5 Å². The maximum absolute atomic E-state index is 6.49. The highest BCUT2D eigenvalue weighted by atomic mass is 79.9. The lowest BCUT2D eigenvalue weighted by molar-refractivity contribution is 0.171. The minimum absolute atomic E-state index is 0.199. The zero-order chi connectivity index (χ0) is 15.0. The van der Waals surface area contributed by atoms with E-state index in [9.17, 15) is 0 Å². The molecule has 110 valence electrons. The summed E-state index contributed by atoms with van der Waals surface area (Å²) in [4.78, 5) is 0. The summed E-state index contributed by atoms with van der Waals surface area (Å²) in [5.41, 5.74) is 11.0. The SMILES string of the molecule is Cc1ccc(C)c(C(N)c2cc3c(cc2Br)OCCO3)c1. The van der Waals surface area contributed by atoms with Gasteiger partial charge in [-0.05, 0) is 42.7 Å². The molecule has 2 aromatic rings. The predicted molar refractivity (Wildman–Crippen MR) is 87.1 cm³/mol. The Labute approximate surface area is 133 Å². The van der Waals surface area contributed by atoms with Gasteiger partial charge < -0.3 is 15.2 Å². The second-order valence-corrected chi connectivity index (χ2v) is 6.21. The van der Waals surface area contributed by atoms with E-state index in [0.717, 1.165) is 27.1 Å². The van der Waals surface area contributed by atoms with Crippen LogP contribution in [0, 0.1) is 13.8 Å². The van der Waals surface area contributed by atoms with Gasteiger partial charge in [0.15, 0.2) is 11.5 Å².